The molecule has 1 unspecified atom stereocenters. The van der Waals surface area contributed by atoms with Crippen LogP contribution in [0.4, 0.5) is 13.2 Å². The predicted molar refractivity (Wildman–Crippen MR) is 96.6 cm³/mol. The summed E-state index contributed by atoms with van der Waals surface area (Å²) < 4.78 is 44.5. The van der Waals surface area contributed by atoms with Crippen LogP contribution in [0.5, 0.6) is 5.75 Å². The molecule has 1 atom stereocenters. The Morgan fingerprint density at radius 2 is 1.96 bits per heavy atom. The Morgan fingerprint density at radius 3 is 2.65 bits per heavy atom. The Balaban J connectivity index is 1.85. The average Bonchev–Trinajstić information content (AvgIpc) is 2.60. The van der Waals surface area contributed by atoms with Crippen molar-refractivity contribution in [2.24, 2.45) is 0 Å². The van der Waals surface area contributed by atoms with Crippen molar-refractivity contribution in [3.05, 3.63) is 63.7 Å². The molecule has 6 heteroatoms. The van der Waals surface area contributed by atoms with E-state index in [4.69, 9.17) is 16.3 Å². The van der Waals surface area contributed by atoms with Crippen molar-refractivity contribution >= 4 is 11.6 Å². The highest BCUT2D eigenvalue weighted by molar-refractivity contribution is 6.31. The van der Waals surface area contributed by atoms with Crippen molar-refractivity contribution in [1.29, 1.82) is 0 Å². The van der Waals surface area contributed by atoms with Crippen LogP contribution in [0.2, 0.25) is 5.02 Å². The maximum Gasteiger partial charge on any atom is 0.416 e. The van der Waals surface area contributed by atoms with Crippen molar-refractivity contribution in [2.45, 2.75) is 38.1 Å². The maximum absolute atomic E-state index is 12.9. The number of ether oxygens (including phenoxy) is 1. The first kappa shape index (κ1) is 19.1. The molecule has 0 N–H and O–H groups in total. The molecule has 2 aromatic carbocycles. The number of alkyl halides is 3. The van der Waals surface area contributed by atoms with Crippen LogP contribution < -0.4 is 4.74 Å². The van der Waals surface area contributed by atoms with Gasteiger partial charge in [-0.25, -0.2) is 0 Å². The van der Waals surface area contributed by atoms with Crippen LogP contribution >= 0.6 is 11.6 Å². The molecule has 140 valence electrons. The van der Waals surface area contributed by atoms with Crippen LogP contribution in [-0.4, -0.2) is 19.0 Å². The first-order valence-corrected chi connectivity index (χ1v) is 8.92. The summed E-state index contributed by atoms with van der Waals surface area (Å²) in [5.74, 6) is 0.702. The van der Waals surface area contributed by atoms with Gasteiger partial charge >= 0.3 is 6.18 Å². The fraction of sp³-hybridized carbons (Fsp3) is 0.400. The molecule has 2 aromatic rings. The zero-order valence-electron chi connectivity index (χ0n) is 14.7. The largest absolute Gasteiger partial charge is 0.489 e. The first-order valence-electron chi connectivity index (χ1n) is 8.54. The van der Waals surface area contributed by atoms with E-state index in [1.54, 1.807) is 6.07 Å². The molecule has 0 spiro atoms. The molecule has 1 aliphatic rings. The molecule has 0 heterocycles. The summed E-state index contributed by atoms with van der Waals surface area (Å²) in [5, 5.41) is 0.713. The number of benzene rings is 2. The Labute approximate surface area is 156 Å². The fourth-order valence-electron chi connectivity index (χ4n) is 3.50. The third kappa shape index (κ3) is 3.99. The number of hydrogen-bond donors (Lipinski definition) is 0. The SMILES string of the molecule is CN(C)C1CCCc2c(OCc3cccc(C(F)(F)F)c3)ccc(Cl)c21. The van der Waals surface area contributed by atoms with Crippen molar-refractivity contribution in [3.63, 3.8) is 0 Å². The standard InChI is InChI=1S/C20H21ClF3NO/c1-25(2)17-8-4-7-15-18(10-9-16(21)19(15)17)26-12-13-5-3-6-14(11-13)20(22,23)24/h3,5-6,9-11,17H,4,7-8,12H2,1-2H3. The van der Waals surface area contributed by atoms with Crippen LogP contribution in [0, 0.1) is 0 Å². The van der Waals surface area contributed by atoms with Crippen molar-refractivity contribution in [3.8, 4) is 5.75 Å². The van der Waals surface area contributed by atoms with E-state index in [1.807, 2.05) is 26.2 Å². The molecule has 1 aliphatic carbocycles. The summed E-state index contributed by atoms with van der Waals surface area (Å²) in [6.07, 6.45) is -1.44. The molecule has 0 aliphatic heterocycles. The van der Waals surface area contributed by atoms with Crippen LogP contribution in [-0.2, 0) is 19.2 Å². The zero-order valence-corrected chi connectivity index (χ0v) is 15.5. The third-order valence-electron chi connectivity index (χ3n) is 4.77. The molecule has 0 amide bonds. The van der Waals surface area contributed by atoms with E-state index in [9.17, 15) is 13.2 Å². The van der Waals surface area contributed by atoms with Crippen LogP contribution in [0.3, 0.4) is 0 Å². The van der Waals surface area contributed by atoms with Crippen LogP contribution in [0.1, 0.15) is 41.1 Å². The van der Waals surface area contributed by atoms with E-state index in [-0.39, 0.29) is 12.6 Å². The molecular formula is C20H21ClF3NO. The zero-order chi connectivity index (χ0) is 18.9. The number of nitrogens with zero attached hydrogens (tertiary/aromatic N) is 1. The van der Waals surface area contributed by atoms with E-state index in [0.717, 1.165) is 42.5 Å². The van der Waals surface area contributed by atoms with Gasteiger partial charge in [-0.05, 0) is 68.8 Å². The maximum atomic E-state index is 12.9. The second-order valence-electron chi connectivity index (χ2n) is 6.80. The summed E-state index contributed by atoms with van der Waals surface area (Å²) >= 11 is 6.43. The van der Waals surface area contributed by atoms with Gasteiger partial charge in [-0.1, -0.05) is 23.7 Å². The lowest BCUT2D eigenvalue weighted by Crippen LogP contribution is -2.25. The second-order valence-corrected chi connectivity index (χ2v) is 7.20. The van der Waals surface area contributed by atoms with Crippen molar-refractivity contribution in [1.82, 2.24) is 4.90 Å². The first-order chi connectivity index (χ1) is 12.3. The van der Waals surface area contributed by atoms with Gasteiger partial charge < -0.3 is 9.64 Å². The highest BCUT2D eigenvalue weighted by Gasteiger charge is 2.30. The summed E-state index contributed by atoms with van der Waals surface area (Å²) in [7, 11) is 4.04. The van der Waals surface area contributed by atoms with Crippen LogP contribution in [0.25, 0.3) is 0 Å². The highest BCUT2D eigenvalue weighted by Crippen LogP contribution is 2.42. The average molecular weight is 384 g/mol. The van der Waals surface area contributed by atoms with E-state index in [2.05, 4.69) is 4.90 Å². The molecule has 3 rings (SSSR count). The highest BCUT2D eigenvalue weighted by atomic mass is 35.5. The lowest BCUT2D eigenvalue weighted by Gasteiger charge is -2.32. The molecule has 0 aromatic heterocycles. The quantitative estimate of drug-likeness (QED) is 0.654. The Kier molecular flexibility index (Phi) is 5.49. The van der Waals surface area contributed by atoms with Gasteiger partial charge in [-0.3, -0.25) is 0 Å². The van der Waals surface area contributed by atoms with Crippen LogP contribution in [0.15, 0.2) is 36.4 Å². The van der Waals surface area contributed by atoms with Crippen molar-refractivity contribution < 1.29 is 17.9 Å². The summed E-state index contributed by atoms with van der Waals surface area (Å²) in [4.78, 5) is 2.14. The predicted octanol–water partition coefficient (Wildman–Crippen LogP) is 5.88. The molecular weight excluding hydrogens is 363 g/mol. The molecule has 2 nitrogen and oxygen atoms in total. The number of hydrogen-bond acceptors (Lipinski definition) is 2. The monoisotopic (exact) mass is 383 g/mol. The molecule has 0 bridgehead atoms. The number of fused-ring (bicyclic) bond motifs is 1. The van der Waals surface area contributed by atoms with Gasteiger partial charge in [0.15, 0.2) is 0 Å². The minimum absolute atomic E-state index is 0.0879. The molecule has 0 radical (unpaired) electrons. The van der Waals surface area contributed by atoms with E-state index < -0.39 is 11.7 Å². The van der Waals surface area contributed by atoms with Crippen molar-refractivity contribution in [2.75, 3.05) is 14.1 Å². The van der Waals surface area contributed by atoms with E-state index in [0.29, 0.717) is 16.3 Å². The van der Waals surface area contributed by atoms with E-state index >= 15 is 0 Å². The van der Waals surface area contributed by atoms with Gasteiger partial charge in [-0.2, -0.15) is 13.2 Å². The summed E-state index contributed by atoms with van der Waals surface area (Å²) in [6.45, 7) is 0.0879. The minimum Gasteiger partial charge on any atom is -0.489 e. The second kappa shape index (κ2) is 7.49. The van der Waals surface area contributed by atoms with Gasteiger partial charge in [0.25, 0.3) is 0 Å². The molecule has 0 fully saturated rings. The van der Waals surface area contributed by atoms with Gasteiger partial charge in [-0.15, -0.1) is 0 Å². The topological polar surface area (TPSA) is 12.5 Å². The summed E-state index contributed by atoms with van der Waals surface area (Å²) in [6, 6.07) is 9.08. The summed E-state index contributed by atoms with van der Waals surface area (Å²) in [5.41, 5.74) is 1.96. The minimum atomic E-state index is -4.35. The Hall–Kier alpha value is -1.72. The van der Waals surface area contributed by atoms with E-state index in [1.165, 1.54) is 6.07 Å². The molecule has 0 saturated carbocycles. The Bertz CT molecular complexity index is 789. The third-order valence-corrected chi connectivity index (χ3v) is 5.10. The lowest BCUT2D eigenvalue weighted by molar-refractivity contribution is -0.137. The smallest absolute Gasteiger partial charge is 0.416 e. The normalized spacial score (nSPS) is 17.3. The Morgan fingerprint density at radius 1 is 1.19 bits per heavy atom. The van der Waals surface area contributed by atoms with Gasteiger partial charge in [0.1, 0.15) is 12.4 Å². The van der Waals surface area contributed by atoms with Gasteiger partial charge in [0.05, 0.1) is 5.56 Å². The van der Waals surface area contributed by atoms with Gasteiger partial charge in [0.2, 0.25) is 0 Å². The lowest BCUT2D eigenvalue weighted by atomic mass is 9.86. The number of rotatable bonds is 4. The van der Waals surface area contributed by atoms with Gasteiger partial charge in [0, 0.05) is 16.6 Å². The fourth-order valence-corrected chi connectivity index (χ4v) is 3.80. The molecule has 26 heavy (non-hydrogen) atoms. The number of halogens is 4. The molecule has 0 saturated heterocycles.